The maximum atomic E-state index is 5.11. The highest BCUT2D eigenvalue weighted by atomic mass is 32.1. The van der Waals surface area contributed by atoms with Gasteiger partial charge in [-0.15, -0.1) is 11.3 Å². The van der Waals surface area contributed by atoms with Gasteiger partial charge in [-0.05, 0) is 35.6 Å². The third kappa shape index (κ3) is 3.39. The maximum absolute atomic E-state index is 5.11. The number of methoxy groups -OCH3 is 1. The highest BCUT2D eigenvalue weighted by molar-refractivity contribution is 7.10. The molecular formula is C16H27NOS. The van der Waals surface area contributed by atoms with Gasteiger partial charge in [0, 0.05) is 30.5 Å². The molecule has 1 aliphatic rings. The Labute approximate surface area is 121 Å². The lowest BCUT2D eigenvalue weighted by molar-refractivity contribution is 0.0460. The number of hydrogen-bond donors (Lipinski definition) is 1. The van der Waals surface area contributed by atoms with Crippen LogP contribution in [0.2, 0.25) is 0 Å². The molecule has 1 aromatic rings. The lowest BCUT2D eigenvalue weighted by Crippen LogP contribution is -2.52. The summed E-state index contributed by atoms with van der Waals surface area (Å²) in [6.07, 6.45) is 2.63. The van der Waals surface area contributed by atoms with Crippen LogP contribution in [0.5, 0.6) is 0 Å². The van der Waals surface area contributed by atoms with Gasteiger partial charge >= 0.3 is 0 Å². The third-order valence-corrected chi connectivity index (χ3v) is 5.61. The summed E-state index contributed by atoms with van der Waals surface area (Å²) >= 11 is 1.91. The quantitative estimate of drug-likeness (QED) is 0.803. The molecule has 0 spiro atoms. The van der Waals surface area contributed by atoms with Crippen molar-refractivity contribution in [2.24, 2.45) is 11.3 Å². The van der Waals surface area contributed by atoms with E-state index in [2.05, 4.69) is 43.6 Å². The van der Waals surface area contributed by atoms with Gasteiger partial charge in [-0.2, -0.15) is 0 Å². The summed E-state index contributed by atoms with van der Waals surface area (Å²) in [4.78, 5) is 1.55. The van der Waals surface area contributed by atoms with Gasteiger partial charge in [0.2, 0.25) is 0 Å². The van der Waals surface area contributed by atoms with Crippen molar-refractivity contribution in [1.82, 2.24) is 5.32 Å². The fraction of sp³-hybridized carbons (Fsp3) is 0.750. The van der Waals surface area contributed by atoms with Gasteiger partial charge < -0.3 is 10.1 Å². The van der Waals surface area contributed by atoms with Gasteiger partial charge in [-0.25, -0.2) is 0 Å². The summed E-state index contributed by atoms with van der Waals surface area (Å²) < 4.78 is 5.11. The molecule has 1 N–H and O–H groups in total. The van der Waals surface area contributed by atoms with Gasteiger partial charge in [0.1, 0.15) is 0 Å². The molecule has 2 nitrogen and oxygen atoms in total. The predicted molar refractivity (Wildman–Crippen MR) is 82.9 cm³/mol. The van der Waals surface area contributed by atoms with Gasteiger partial charge in [0.15, 0.2) is 0 Å². The molecule has 1 fully saturated rings. The minimum Gasteiger partial charge on any atom is -0.383 e. The molecule has 0 saturated heterocycles. The Bertz CT molecular complexity index is 374. The Morgan fingerprint density at radius 2 is 2.16 bits per heavy atom. The fourth-order valence-electron chi connectivity index (χ4n) is 3.01. The summed E-state index contributed by atoms with van der Waals surface area (Å²) in [5, 5.41) is 5.78. The Morgan fingerprint density at radius 3 is 2.68 bits per heavy atom. The fourth-order valence-corrected chi connectivity index (χ4v) is 3.96. The number of rotatable bonds is 6. The number of hydrogen-bond acceptors (Lipinski definition) is 3. The van der Waals surface area contributed by atoms with Crippen LogP contribution in [0.15, 0.2) is 17.5 Å². The van der Waals surface area contributed by atoms with Crippen LogP contribution in [0, 0.1) is 11.3 Å². The molecule has 0 aliphatic heterocycles. The second-order valence-corrected chi connectivity index (χ2v) is 7.85. The van der Waals surface area contributed by atoms with Crippen LogP contribution in [-0.2, 0) is 10.2 Å². The largest absolute Gasteiger partial charge is 0.383 e. The van der Waals surface area contributed by atoms with E-state index in [4.69, 9.17) is 4.74 Å². The Kier molecular flexibility index (Phi) is 4.70. The second kappa shape index (κ2) is 5.94. The normalized spacial score (nSPS) is 27.3. The van der Waals surface area contributed by atoms with Crippen LogP contribution in [0.3, 0.4) is 0 Å². The molecule has 1 aliphatic carbocycles. The van der Waals surface area contributed by atoms with Crippen LogP contribution in [0.25, 0.3) is 0 Å². The van der Waals surface area contributed by atoms with E-state index in [1.54, 1.807) is 12.0 Å². The number of ether oxygens (including phenoxy) is 1. The summed E-state index contributed by atoms with van der Waals surface area (Å²) in [6.45, 7) is 9.94. The monoisotopic (exact) mass is 281 g/mol. The molecule has 0 unspecified atom stereocenters. The first kappa shape index (κ1) is 15.0. The first-order chi connectivity index (χ1) is 8.98. The van der Waals surface area contributed by atoms with Crippen molar-refractivity contribution in [2.75, 3.05) is 26.8 Å². The van der Waals surface area contributed by atoms with E-state index >= 15 is 0 Å². The highest BCUT2D eigenvalue weighted by Crippen LogP contribution is 2.54. The number of nitrogens with one attached hydrogen (secondary N) is 1. The molecule has 2 rings (SSSR count). The smallest absolute Gasteiger partial charge is 0.0587 e. The van der Waals surface area contributed by atoms with Gasteiger partial charge in [-0.3, -0.25) is 0 Å². The molecule has 108 valence electrons. The van der Waals surface area contributed by atoms with E-state index in [0.29, 0.717) is 10.8 Å². The van der Waals surface area contributed by atoms with Crippen LogP contribution in [0.4, 0.5) is 0 Å². The van der Waals surface area contributed by atoms with Crippen molar-refractivity contribution < 1.29 is 4.74 Å². The maximum Gasteiger partial charge on any atom is 0.0587 e. The third-order valence-electron chi connectivity index (χ3n) is 4.49. The zero-order chi connectivity index (χ0) is 13.9. The Morgan fingerprint density at radius 1 is 1.42 bits per heavy atom. The lowest BCUT2D eigenvalue weighted by atomic mass is 9.54. The molecule has 1 saturated carbocycles. The zero-order valence-corrected chi connectivity index (χ0v) is 13.5. The van der Waals surface area contributed by atoms with Crippen LogP contribution in [-0.4, -0.2) is 26.8 Å². The molecule has 3 heteroatoms. The average molecular weight is 281 g/mol. The van der Waals surface area contributed by atoms with Crippen molar-refractivity contribution in [3.8, 4) is 0 Å². The minimum absolute atomic E-state index is 0.375. The van der Waals surface area contributed by atoms with E-state index in [0.717, 1.165) is 25.6 Å². The van der Waals surface area contributed by atoms with E-state index in [1.165, 1.54) is 12.8 Å². The molecule has 1 aromatic heterocycles. The predicted octanol–water partition coefficient (Wildman–Crippen LogP) is 3.68. The van der Waals surface area contributed by atoms with E-state index in [9.17, 15) is 0 Å². The standard InChI is InChI=1S/C16H27NOS/c1-15(2,3)13-10-16(11-13,12-17-7-8-18-4)14-6-5-9-19-14/h5-6,9,13,17H,7-8,10-12H2,1-4H3. The van der Waals surface area contributed by atoms with Crippen molar-refractivity contribution in [1.29, 1.82) is 0 Å². The lowest BCUT2D eigenvalue weighted by Gasteiger charge is -2.53. The van der Waals surface area contributed by atoms with E-state index < -0.39 is 0 Å². The van der Waals surface area contributed by atoms with Gasteiger partial charge in [-0.1, -0.05) is 26.8 Å². The molecule has 0 bridgehead atoms. The van der Waals surface area contributed by atoms with Crippen molar-refractivity contribution >= 4 is 11.3 Å². The Hall–Kier alpha value is -0.380. The zero-order valence-electron chi connectivity index (χ0n) is 12.7. The van der Waals surface area contributed by atoms with Crippen LogP contribution >= 0.6 is 11.3 Å². The SMILES string of the molecule is COCCNCC1(c2cccs2)CC(C(C)(C)C)C1. The van der Waals surface area contributed by atoms with Crippen molar-refractivity contribution in [3.63, 3.8) is 0 Å². The van der Waals surface area contributed by atoms with Crippen LogP contribution < -0.4 is 5.32 Å². The molecular weight excluding hydrogens is 254 g/mol. The molecule has 0 aromatic carbocycles. The summed E-state index contributed by atoms with van der Waals surface area (Å²) in [6, 6.07) is 4.49. The molecule has 0 amide bonds. The van der Waals surface area contributed by atoms with Crippen LogP contribution in [0.1, 0.15) is 38.5 Å². The summed E-state index contributed by atoms with van der Waals surface area (Å²) in [7, 11) is 1.76. The minimum atomic E-state index is 0.375. The first-order valence-corrected chi connectivity index (χ1v) is 8.09. The van der Waals surface area contributed by atoms with Gasteiger partial charge in [0.25, 0.3) is 0 Å². The molecule has 1 heterocycles. The summed E-state index contributed by atoms with van der Waals surface area (Å²) in [5.74, 6) is 0.846. The van der Waals surface area contributed by atoms with Crippen molar-refractivity contribution in [2.45, 2.75) is 39.0 Å². The summed E-state index contributed by atoms with van der Waals surface area (Å²) in [5.41, 5.74) is 0.813. The first-order valence-electron chi connectivity index (χ1n) is 7.22. The second-order valence-electron chi connectivity index (χ2n) is 6.90. The molecule has 0 atom stereocenters. The van der Waals surface area contributed by atoms with E-state index in [1.807, 2.05) is 11.3 Å². The highest BCUT2D eigenvalue weighted by Gasteiger charge is 2.49. The topological polar surface area (TPSA) is 21.3 Å². The van der Waals surface area contributed by atoms with Crippen molar-refractivity contribution in [3.05, 3.63) is 22.4 Å². The number of thiophene rings is 1. The van der Waals surface area contributed by atoms with Gasteiger partial charge in [0.05, 0.1) is 6.61 Å². The Balaban J connectivity index is 1.97. The molecule has 0 radical (unpaired) electrons. The molecule has 19 heavy (non-hydrogen) atoms. The van der Waals surface area contributed by atoms with E-state index in [-0.39, 0.29) is 0 Å². The average Bonchev–Trinajstić information content (AvgIpc) is 2.79.